The highest BCUT2D eigenvalue weighted by Crippen LogP contribution is 2.39. The number of carbonyl (C=O) groups is 4. The van der Waals surface area contributed by atoms with E-state index in [0.717, 1.165) is 77.5 Å². The number of aromatic hydroxyl groups is 1. The van der Waals surface area contributed by atoms with E-state index in [4.69, 9.17) is 14.2 Å². The molecular weight excluding hydrogens is 851 g/mol. The Balaban J connectivity index is 1.22. The number of hydrazine groups is 1. The standard InChI is InChI=1S/C52H71N7O8/c1-8-12-42-43-26-36(13-14-46(43)58(10-3)48(42)44-27-53-18-15-38(44)29-65-7)39-22-35(23-41(61)25-39)24-45(51(64)59-19-11-17-52(32-60,55-59)33-66-21-9-2)54-49(62)47(34(4)5)56(6)50(63)37-16-20-57(28-37)40-30-67-31-40/h13-15,18,22-23,25-27,32,34,37,40,45,47,55,61H,8-12,16-17,19-21,24,28-31,33H2,1-7H3,(H,54,62)/t37-,45-,47-,52?/m0/s1. The molecule has 2 aromatic heterocycles. The molecule has 362 valence electrons. The summed E-state index contributed by atoms with van der Waals surface area (Å²) in [5, 5.41) is 17.0. The van der Waals surface area contributed by atoms with Crippen molar-refractivity contribution in [1.29, 1.82) is 0 Å². The number of carbonyl (C=O) groups excluding carboxylic acids is 4. The zero-order valence-corrected chi connectivity index (χ0v) is 40.5. The number of methoxy groups -OCH3 is 1. The number of amides is 3. The van der Waals surface area contributed by atoms with Gasteiger partial charge in [-0.25, -0.2) is 5.43 Å². The summed E-state index contributed by atoms with van der Waals surface area (Å²) in [4.78, 5) is 64.6. The number of aromatic nitrogens is 2. The van der Waals surface area contributed by atoms with E-state index in [2.05, 4.69) is 57.2 Å². The molecule has 0 bridgehead atoms. The normalized spacial score (nSPS) is 19.9. The molecule has 3 aliphatic heterocycles. The smallest absolute Gasteiger partial charge is 0.259 e. The lowest BCUT2D eigenvalue weighted by Gasteiger charge is -2.41. The van der Waals surface area contributed by atoms with Crippen molar-refractivity contribution in [2.24, 2.45) is 11.8 Å². The average Bonchev–Trinajstić information content (AvgIpc) is 3.90. The van der Waals surface area contributed by atoms with Crippen LogP contribution in [0.5, 0.6) is 5.75 Å². The third-order valence-corrected chi connectivity index (χ3v) is 13.7. The zero-order valence-electron chi connectivity index (χ0n) is 40.5. The van der Waals surface area contributed by atoms with E-state index in [1.165, 1.54) is 10.6 Å². The Morgan fingerprint density at radius 2 is 1.88 bits per heavy atom. The number of hydrogen-bond acceptors (Lipinski definition) is 11. The van der Waals surface area contributed by atoms with Crippen LogP contribution in [0.4, 0.5) is 0 Å². The molecule has 0 saturated carbocycles. The summed E-state index contributed by atoms with van der Waals surface area (Å²) < 4.78 is 19.2. The Morgan fingerprint density at radius 3 is 2.57 bits per heavy atom. The van der Waals surface area contributed by atoms with Crippen LogP contribution in [0.2, 0.25) is 0 Å². The van der Waals surface area contributed by atoms with Gasteiger partial charge in [0.15, 0.2) is 0 Å². The van der Waals surface area contributed by atoms with Crippen LogP contribution in [0.25, 0.3) is 33.3 Å². The maximum Gasteiger partial charge on any atom is 0.259 e. The van der Waals surface area contributed by atoms with Crippen LogP contribution in [-0.4, -0.2) is 137 Å². The van der Waals surface area contributed by atoms with E-state index < -0.39 is 29.4 Å². The SMILES string of the molecule is CCCOCC1(C=O)CCCN(C(=O)[C@H](Cc2cc(O)cc(-c3ccc4c(c3)c(CCC)c(-c3cnccc3COC)n4CC)c2)NC(=O)[C@H](C(C)C)N(C)C(=O)[C@H]2CCN(C3COC3)C2)N1. The van der Waals surface area contributed by atoms with E-state index in [9.17, 15) is 24.3 Å². The van der Waals surface area contributed by atoms with Gasteiger partial charge in [-0.3, -0.25) is 29.3 Å². The number of likely N-dealkylation sites (N-methyl/N-ethyl adjacent to an activating group) is 1. The predicted octanol–water partition coefficient (Wildman–Crippen LogP) is 5.92. The average molecular weight is 922 g/mol. The van der Waals surface area contributed by atoms with Crippen LogP contribution in [0.15, 0.2) is 54.9 Å². The number of nitrogens with one attached hydrogen (secondary N) is 2. The summed E-state index contributed by atoms with van der Waals surface area (Å²) >= 11 is 0. The number of aryl methyl sites for hydroxylation is 2. The first-order valence-corrected chi connectivity index (χ1v) is 24.3. The molecule has 3 N–H and O–H groups in total. The minimum Gasteiger partial charge on any atom is -0.508 e. The highest BCUT2D eigenvalue weighted by Gasteiger charge is 2.42. The topological polar surface area (TPSA) is 168 Å². The number of rotatable bonds is 21. The van der Waals surface area contributed by atoms with Gasteiger partial charge in [-0.15, -0.1) is 0 Å². The van der Waals surface area contributed by atoms with E-state index in [1.54, 1.807) is 37.4 Å². The largest absolute Gasteiger partial charge is 0.508 e. The third-order valence-electron chi connectivity index (χ3n) is 13.7. The fourth-order valence-corrected chi connectivity index (χ4v) is 10.3. The molecule has 0 spiro atoms. The lowest BCUT2D eigenvalue weighted by molar-refractivity contribution is -0.148. The van der Waals surface area contributed by atoms with Crippen LogP contribution in [0.3, 0.4) is 0 Å². The number of likely N-dealkylation sites (tertiary alicyclic amines) is 1. The van der Waals surface area contributed by atoms with Crippen molar-refractivity contribution in [3.63, 3.8) is 0 Å². The fourth-order valence-electron chi connectivity index (χ4n) is 10.3. The number of benzene rings is 2. The number of nitrogens with zero attached hydrogens (tertiary/aromatic N) is 5. The summed E-state index contributed by atoms with van der Waals surface area (Å²) in [7, 11) is 3.37. The first-order chi connectivity index (χ1) is 32.3. The lowest BCUT2D eigenvalue weighted by Crippen LogP contribution is -2.66. The van der Waals surface area contributed by atoms with Crippen molar-refractivity contribution < 1.29 is 38.5 Å². The fraction of sp³-hybridized carbons (Fsp3) is 0.558. The Kier molecular flexibility index (Phi) is 16.5. The molecule has 0 aliphatic carbocycles. The molecule has 4 atom stereocenters. The number of pyridine rings is 1. The Labute approximate surface area is 395 Å². The first-order valence-electron chi connectivity index (χ1n) is 24.3. The summed E-state index contributed by atoms with van der Waals surface area (Å²) in [5.41, 5.74) is 9.83. The van der Waals surface area contributed by atoms with Gasteiger partial charge in [0.05, 0.1) is 44.1 Å². The van der Waals surface area contributed by atoms with Gasteiger partial charge in [-0.2, -0.15) is 0 Å². The molecule has 0 radical (unpaired) electrons. The highest BCUT2D eigenvalue weighted by atomic mass is 16.5. The van der Waals surface area contributed by atoms with Gasteiger partial charge in [-0.1, -0.05) is 46.2 Å². The second-order valence-electron chi connectivity index (χ2n) is 19.0. The predicted molar refractivity (Wildman–Crippen MR) is 258 cm³/mol. The molecule has 2 aromatic carbocycles. The number of hydrogen-bond donors (Lipinski definition) is 3. The summed E-state index contributed by atoms with van der Waals surface area (Å²) in [6.45, 7) is 14.9. The number of fused-ring (bicyclic) bond motifs is 1. The molecule has 15 heteroatoms. The number of ether oxygens (including phenoxy) is 3. The molecule has 3 amide bonds. The van der Waals surface area contributed by atoms with E-state index in [-0.39, 0.29) is 36.5 Å². The zero-order chi connectivity index (χ0) is 47.8. The summed E-state index contributed by atoms with van der Waals surface area (Å²) in [6, 6.07) is 12.0. The van der Waals surface area contributed by atoms with Crippen LogP contribution in [0.1, 0.15) is 83.4 Å². The summed E-state index contributed by atoms with van der Waals surface area (Å²) in [6.07, 6.45) is 8.82. The highest BCUT2D eigenvalue weighted by molar-refractivity contribution is 5.96. The van der Waals surface area contributed by atoms with Crippen molar-refractivity contribution in [3.8, 4) is 28.1 Å². The first kappa shape index (κ1) is 49.7. The molecule has 3 aliphatic rings. The van der Waals surface area contributed by atoms with Gasteiger partial charge in [0.1, 0.15) is 29.7 Å². The van der Waals surface area contributed by atoms with Gasteiger partial charge >= 0.3 is 0 Å². The Bertz CT molecular complexity index is 2380. The van der Waals surface area contributed by atoms with Crippen LogP contribution >= 0.6 is 0 Å². The van der Waals surface area contributed by atoms with Gasteiger partial charge in [-0.05, 0) is 110 Å². The number of phenols is 1. The lowest BCUT2D eigenvalue weighted by atomic mass is 9.93. The minimum absolute atomic E-state index is 0.0129. The summed E-state index contributed by atoms with van der Waals surface area (Å²) in [5.74, 6) is -1.51. The number of phenolic OH excluding ortho intramolecular Hbond substituents is 1. The molecule has 15 nitrogen and oxygen atoms in total. The van der Waals surface area contributed by atoms with Gasteiger partial charge < -0.3 is 38.9 Å². The van der Waals surface area contributed by atoms with E-state index in [1.807, 2.05) is 39.1 Å². The second-order valence-corrected chi connectivity index (χ2v) is 19.0. The van der Waals surface area contributed by atoms with Gasteiger partial charge in [0, 0.05) is 75.7 Å². The third kappa shape index (κ3) is 10.9. The molecule has 5 heterocycles. The molecule has 67 heavy (non-hydrogen) atoms. The minimum atomic E-state index is -1.13. The van der Waals surface area contributed by atoms with E-state index in [0.29, 0.717) is 70.4 Å². The monoisotopic (exact) mass is 922 g/mol. The van der Waals surface area contributed by atoms with Crippen molar-refractivity contribution in [2.75, 3.05) is 60.2 Å². The van der Waals surface area contributed by atoms with Crippen molar-refractivity contribution in [2.45, 2.75) is 116 Å². The molecule has 4 aromatic rings. The maximum atomic E-state index is 14.9. The Morgan fingerprint density at radius 1 is 1.07 bits per heavy atom. The number of aldehydes is 1. The van der Waals surface area contributed by atoms with Gasteiger partial charge in [0.25, 0.3) is 5.91 Å². The Hall–Kier alpha value is -5.19. The van der Waals surface area contributed by atoms with Crippen LogP contribution in [-0.2, 0) is 59.4 Å². The van der Waals surface area contributed by atoms with Gasteiger partial charge in [0.2, 0.25) is 11.8 Å². The quantitative estimate of drug-likeness (QED) is 0.0671. The van der Waals surface area contributed by atoms with Crippen molar-refractivity contribution in [1.82, 2.24) is 35.1 Å². The van der Waals surface area contributed by atoms with Crippen molar-refractivity contribution >= 4 is 34.9 Å². The second kappa shape index (κ2) is 22.3. The molecule has 1 unspecified atom stereocenters. The van der Waals surface area contributed by atoms with Crippen LogP contribution in [0, 0.1) is 11.8 Å². The van der Waals surface area contributed by atoms with Crippen LogP contribution < -0.4 is 10.7 Å². The van der Waals surface area contributed by atoms with E-state index >= 15 is 0 Å². The molecule has 3 saturated heterocycles. The molecule has 7 rings (SSSR count). The van der Waals surface area contributed by atoms with Crippen molar-refractivity contribution in [3.05, 3.63) is 71.5 Å². The maximum absolute atomic E-state index is 14.9. The molecular formula is C52H71N7O8. The molecule has 3 fully saturated rings.